The van der Waals surface area contributed by atoms with Gasteiger partial charge in [0.2, 0.25) is 5.91 Å². The van der Waals surface area contributed by atoms with Crippen LogP contribution in [0.4, 0.5) is 0 Å². The highest BCUT2D eigenvalue weighted by Crippen LogP contribution is 2.02. The lowest BCUT2D eigenvalue weighted by atomic mass is 10.1. The number of carbonyl (C=O) groups is 1. The Bertz CT molecular complexity index is 154. The maximum absolute atomic E-state index is 11.3. The summed E-state index contributed by atoms with van der Waals surface area (Å²) >= 11 is 1.82. The van der Waals surface area contributed by atoms with Crippen LogP contribution in [0.2, 0.25) is 0 Å². The molecule has 0 rings (SSSR count). The molecule has 0 heterocycles. The van der Waals surface area contributed by atoms with E-state index in [-0.39, 0.29) is 5.91 Å². The minimum absolute atomic E-state index is 0.198. The molecule has 0 saturated heterocycles. The van der Waals surface area contributed by atoms with Gasteiger partial charge in [-0.25, -0.2) is 0 Å². The minimum Gasteiger partial charge on any atom is -0.356 e. The van der Waals surface area contributed by atoms with Crippen LogP contribution in [0, 0.1) is 0 Å². The van der Waals surface area contributed by atoms with Crippen LogP contribution >= 0.6 is 11.8 Å². The Labute approximate surface area is 97.6 Å². The van der Waals surface area contributed by atoms with Crippen molar-refractivity contribution < 1.29 is 4.79 Å². The van der Waals surface area contributed by atoms with E-state index in [1.165, 1.54) is 0 Å². The van der Waals surface area contributed by atoms with Crippen molar-refractivity contribution in [3.05, 3.63) is 0 Å². The van der Waals surface area contributed by atoms with Crippen LogP contribution in [0.5, 0.6) is 0 Å². The van der Waals surface area contributed by atoms with Crippen molar-refractivity contribution >= 4 is 17.7 Å². The minimum atomic E-state index is 0.198. The second kappa shape index (κ2) is 11.9. The number of nitrogens with one attached hydrogen (secondary N) is 1. The molecule has 0 aliphatic carbocycles. The molecule has 0 aliphatic rings. The fraction of sp³-hybridized carbons (Fsp3) is 0.909. The normalized spacial score (nSPS) is 10.3. The van der Waals surface area contributed by atoms with Crippen molar-refractivity contribution in [2.75, 3.05) is 25.1 Å². The second-order valence-electron chi connectivity index (χ2n) is 3.65. The van der Waals surface area contributed by atoms with E-state index in [1.54, 1.807) is 0 Å². The molecule has 90 valence electrons. The molecule has 0 aromatic carbocycles. The first-order valence-electron chi connectivity index (χ1n) is 5.77. The molecule has 0 saturated carbocycles. The average Bonchev–Trinajstić information content (AvgIpc) is 2.24. The molecule has 0 spiro atoms. The molecular formula is C11H24N2OS. The zero-order valence-electron chi connectivity index (χ0n) is 9.76. The van der Waals surface area contributed by atoms with Crippen LogP contribution in [0.25, 0.3) is 0 Å². The predicted molar refractivity (Wildman–Crippen MR) is 68.1 cm³/mol. The largest absolute Gasteiger partial charge is 0.356 e. The van der Waals surface area contributed by atoms with E-state index in [0.717, 1.165) is 50.9 Å². The van der Waals surface area contributed by atoms with E-state index in [2.05, 4.69) is 11.6 Å². The number of thioether (sulfide) groups is 1. The Hall–Kier alpha value is -0.220. The zero-order chi connectivity index (χ0) is 11.4. The molecule has 0 unspecified atom stereocenters. The van der Waals surface area contributed by atoms with E-state index in [4.69, 9.17) is 5.73 Å². The maximum Gasteiger partial charge on any atom is 0.219 e. The van der Waals surface area contributed by atoms with E-state index in [9.17, 15) is 4.79 Å². The molecule has 0 aliphatic heterocycles. The number of hydrogen-bond acceptors (Lipinski definition) is 3. The van der Waals surface area contributed by atoms with Crippen LogP contribution in [-0.2, 0) is 4.79 Å². The summed E-state index contributed by atoms with van der Waals surface area (Å²) in [5, 5.41) is 2.93. The summed E-state index contributed by atoms with van der Waals surface area (Å²) in [6.07, 6.45) is 8.17. The van der Waals surface area contributed by atoms with Gasteiger partial charge in [0.25, 0.3) is 0 Å². The van der Waals surface area contributed by atoms with Gasteiger partial charge in [0.15, 0.2) is 0 Å². The highest BCUT2D eigenvalue weighted by atomic mass is 32.2. The van der Waals surface area contributed by atoms with Crippen LogP contribution in [0.1, 0.15) is 38.5 Å². The molecule has 0 bridgehead atoms. The zero-order valence-corrected chi connectivity index (χ0v) is 10.6. The van der Waals surface area contributed by atoms with E-state index < -0.39 is 0 Å². The molecule has 0 atom stereocenters. The number of hydrogen-bond donors (Lipinski definition) is 2. The number of carbonyl (C=O) groups excluding carboxylic acids is 1. The SMILES string of the molecule is CSCCCNC(=O)CCCCCCN. The van der Waals surface area contributed by atoms with Crippen molar-refractivity contribution in [1.82, 2.24) is 5.32 Å². The third kappa shape index (κ3) is 11.7. The average molecular weight is 232 g/mol. The van der Waals surface area contributed by atoms with Gasteiger partial charge in [-0.2, -0.15) is 11.8 Å². The summed E-state index contributed by atoms with van der Waals surface area (Å²) in [6.45, 7) is 1.59. The van der Waals surface area contributed by atoms with E-state index in [1.807, 2.05) is 11.8 Å². The maximum atomic E-state index is 11.3. The predicted octanol–water partition coefficient (Wildman–Crippen LogP) is 1.76. The highest BCUT2D eigenvalue weighted by molar-refractivity contribution is 7.98. The van der Waals surface area contributed by atoms with Crippen LogP contribution in [0.3, 0.4) is 0 Å². The summed E-state index contributed by atoms with van der Waals surface area (Å²) in [5.41, 5.74) is 5.38. The van der Waals surface area contributed by atoms with Gasteiger partial charge < -0.3 is 11.1 Å². The fourth-order valence-electron chi connectivity index (χ4n) is 1.32. The first kappa shape index (κ1) is 14.8. The molecule has 15 heavy (non-hydrogen) atoms. The van der Waals surface area contributed by atoms with Crippen LogP contribution in [-0.4, -0.2) is 31.0 Å². The van der Waals surface area contributed by atoms with Crippen molar-refractivity contribution in [3.8, 4) is 0 Å². The van der Waals surface area contributed by atoms with Crippen molar-refractivity contribution in [2.24, 2.45) is 5.73 Å². The van der Waals surface area contributed by atoms with Crippen molar-refractivity contribution in [1.29, 1.82) is 0 Å². The summed E-state index contributed by atoms with van der Waals surface area (Å²) in [7, 11) is 0. The van der Waals surface area contributed by atoms with Gasteiger partial charge in [-0.15, -0.1) is 0 Å². The molecule has 3 N–H and O–H groups in total. The molecule has 0 radical (unpaired) electrons. The molecule has 1 amide bonds. The monoisotopic (exact) mass is 232 g/mol. The lowest BCUT2D eigenvalue weighted by Gasteiger charge is -2.04. The van der Waals surface area contributed by atoms with Gasteiger partial charge in [0.05, 0.1) is 0 Å². The lowest BCUT2D eigenvalue weighted by molar-refractivity contribution is -0.121. The molecule has 4 heteroatoms. The quantitative estimate of drug-likeness (QED) is 0.564. The summed E-state index contributed by atoms with van der Waals surface area (Å²) in [5.74, 6) is 1.32. The van der Waals surface area contributed by atoms with Crippen LogP contribution in [0.15, 0.2) is 0 Å². The Kier molecular flexibility index (Phi) is 11.7. The number of nitrogens with two attached hydrogens (primary N) is 1. The van der Waals surface area contributed by atoms with E-state index in [0.29, 0.717) is 6.42 Å². The standard InChI is InChI=1S/C11H24N2OS/c1-15-10-6-9-13-11(14)7-4-2-3-5-8-12/h2-10,12H2,1H3,(H,13,14). The Morgan fingerprint density at radius 1 is 1.20 bits per heavy atom. The highest BCUT2D eigenvalue weighted by Gasteiger charge is 1.99. The van der Waals surface area contributed by atoms with Gasteiger partial charge in [-0.3, -0.25) is 4.79 Å². The Balaban J connectivity index is 3.11. The van der Waals surface area contributed by atoms with Gasteiger partial charge in [0, 0.05) is 13.0 Å². The first-order chi connectivity index (χ1) is 7.31. The van der Waals surface area contributed by atoms with Gasteiger partial charge in [-0.05, 0) is 37.8 Å². The second-order valence-corrected chi connectivity index (χ2v) is 4.63. The fourth-order valence-corrected chi connectivity index (χ4v) is 1.75. The molecule has 3 nitrogen and oxygen atoms in total. The third-order valence-electron chi connectivity index (χ3n) is 2.21. The number of rotatable bonds is 10. The summed E-state index contributed by atoms with van der Waals surface area (Å²) in [4.78, 5) is 11.3. The number of unbranched alkanes of at least 4 members (excludes halogenated alkanes) is 3. The Morgan fingerprint density at radius 2 is 1.93 bits per heavy atom. The molecule has 0 aromatic heterocycles. The molecule has 0 fully saturated rings. The third-order valence-corrected chi connectivity index (χ3v) is 2.90. The van der Waals surface area contributed by atoms with Gasteiger partial charge in [0.1, 0.15) is 0 Å². The Morgan fingerprint density at radius 3 is 2.60 bits per heavy atom. The topological polar surface area (TPSA) is 55.1 Å². The smallest absolute Gasteiger partial charge is 0.219 e. The number of amides is 1. The lowest BCUT2D eigenvalue weighted by Crippen LogP contribution is -2.24. The van der Waals surface area contributed by atoms with Crippen LogP contribution < -0.4 is 11.1 Å². The van der Waals surface area contributed by atoms with E-state index >= 15 is 0 Å². The first-order valence-corrected chi connectivity index (χ1v) is 7.16. The molecule has 0 aromatic rings. The summed E-state index contributed by atoms with van der Waals surface area (Å²) in [6, 6.07) is 0. The molecular weight excluding hydrogens is 208 g/mol. The summed E-state index contributed by atoms with van der Waals surface area (Å²) < 4.78 is 0. The van der Waals surface area contributed by atoms with Gasteiger partial charge >= 0.3 is 0 Å². The van der Waals surface area contributed by atoms with Crippen molar-refractivity contribution in [2.45, 2.75) is 38.5 Å². The van der Waals surface area contributed by atoms with Gasteiger partial charge in [-0.1, -0.05) is 12.8 Å². The van der Waals surface area contributed by atoms with Crippen molar-refractivity contribution in [3.63, 3.8) is 0 Å².